The van der Waals surface area contributed by atoms with Gasteiger partial charge in [-0.1, -0.05) is 19.1 Å². The minimum atomic E-state index is -0.920. The molecule has 0 aliphatic heterocycles. The van der Waals surface area contributed by atoms with Crippen LogP contribution in [0, 0.1) is 5.82 Å². The number of carbonyl (C=O) groups is 1. The zero-order valence-electron chi connectivity index (χ0n) is 9.24. The Balaban J connectivity index is 3.14. The van der Waals surface area contributed by atoms with Gasteiger partial charge < -0.3 is 10.8 Å². The van der Waals surface area contributed by atoms with E-state index in [4.69, 9.17) is 10.8 Å². The SMILES string of the molecule is CCC(CN)(CC(=O)O)c1cccc(F)c1. The number of carboxylic acids is 1. The highest BCUT2D eigenvalue weighted by Gasteiger charge is 2.31. The Morgan fingerprint density at radius 2 is 2.25 bits per heavy atom. The molecule has 4 heteroatoms. The number of aliphatic carboxylic acids is 1. The van der Waals surface area contributed by atoms with Gasteiger partial charge in [-0.15, -0.1) is 0 Å². The summed E-state index contributed by atoms with van der Waals surface area (Å²) in [5.74, 6) is -1.29. The van der Waals surface area contributed by atoms with E-state index in [9.17, 15) is 9.18 Å². The summed E-state index contributed by atoms with van der Waals surface area (Å²) >= 11 is 0. The van der Waals surface area contributed by atoms with E-state index < -0.39 is 11.4 Å². The number of halogens is 1. The fourth-order valence-electron chi connectivity index (χ4n) is 1.87. The maximum absolute atomic E-state index is 13.1. The van der Waals surface area contributed by atoms with E-state index in [0.717, 1.165) is 0 Å². The van der Waals surface area contributed by atoms with E-state index >= 15 is 0 Å². The molecule has 0 saturated carbocycles. The molecule has 1 unspecified atom stereocenters. The van der Waals surface area contributed by atoms with E-state index in [-0.39, 0.29) is 18.8 Å². The van der Waals surface area contributed by atoms with Gasteiger partial charge in [-0.25, -0.2) is 4.39 Å². The molecule has 1 aromatic rings. The van der Waals surface area contributed by atoms with E-state index in [0.29, 0.717) is 12.0 Å². The predicted molar refractivity (Wildman–Crippen MR) is 59.7 cm³/mol. The lowest BCUT2D eigenvalue weighted by molar-refractivity contribution is -0.138. The lowest BCUT2D eigenvalue weighted by Crippen LogP contribution is -2.37. The van der Waals surface area contributed by atoms with Gasteiger partial charge >= 0.3 is 5.97 Å². The van der Waals surface area contributed by atoms with Crippen LogP contribution in [0.15, 0.2) is 24.3 Å². The molecule has 16 heavy (non-hydrogen) atoms. The maximum atomic E-state index is 13.1. The van der Waals surface area contributed by atoms with E-state index in [1.807, 2.05) is 6.92 Å². The van der Waals surface area contributed by atoms with Crippen molar-refractivity contribution in [3.8, 4) is 0 Å². The summed E-state index contributed by atoms with van der Waals surface area (Å²) in [4.78, 5) is 10.8. The number of rotatable bonds is 5. The second kappa shape index (κ2) is 5.07. The summed E-state index contributed by atoms with van der Waals surface area (Å²) in [6.07, 6.45) is 0.489. The third kappa shape index (κ3) is 2.58. The molecule has 0 fully saturated rings. The van der Waals surface area contributed by atoms with Crippen LogP contribution in [0.1, 0.15) is 25.3 Å². The molecule has 1 rings (SSSR count). The summed E-state index contributed by atoms with van der Waals surface area (Å²) in [7, 11) is 0. The molecular formula is C12H16FNO2. The molecule has 0 spiro atoms. The van der Waals surface area contributed by atoms with Crippen molar-refractivity contribution in [1.29, 1.82) is 0 Å². The molecule has 0 bridgehead atoms. The first-order valence-electron chi connectivity index (χ1n) is 5.22. The van der Waals surface area contributed by atoms with Crippen molar-refractivity contribution in [2.24, 2.45) is 5.73 Å². The van der Waals surface area contributed by atoms with Gasteiger partial charge in [0.05, 0.1) is 6.42 Å². The summed E-state index contributed by atoms with van der Waals surface area (Å²) in [6, 6.07) is 6.00. The van der Waals surface area contributed by atoms with E-state index in [2.05, 4.69) is 0 Å². The second-order valence-electron chi connectivity index (χ2n) is 3.92. The van der Waals surface area contributed by atoms with Gasteiger partial charge in [0, 0.05) is 12.0 Å². The van der Waals surface area contributed by atoms with Crippen LogP contribution in [0.3, 0.4) is 0 Å². The highest BCUT2D eigenvalue weighted by atomic mass is 19.1. The standard InChI is InChI=1S/C12H16FNO2/c1-2-12(8-14,7-11(15)16)9-4-3-5-10(13)6-9/h3-6H,2,7-8,14H2,1H3,(H,15,16). The number of hydrogen-bond donors (Lipinski definition) is 2. The Hall–Kier alpha value is -1.42. The Kier molecular flexibility index (Phi) is 4.01. The van der Waals surface area contributed by atoms with Crippen LogP contribution in [0.5, 0.6) is 0 Å². The van der Waals surface area contributed by atoms with Crippen molar-refractivity contribution < 1.29 is 14.3 Å². The third-order valence-electron chi connectivity index (χ3n) is 2.99. The summed E-state index contributed by atoms with van der Waals surface area (Å²) in [6.45, 7) is 2.06. The van der Waals surface area contributed by atoms with Crippen molar-refractivity contribution >= 4 is 5.97 Å². The highest BCUT2D eigenvalue weighted by Crippen LogP contribution is 2.31. The quantitative estimate of drug-likeness (QED) is 0.804. The Morgan fingerprint density at radius 1 is 1.56 bits per heavy atom. The fourth-order valence-corrected chi connectivity index (χ4v) is 1.87. The molecule has 0 amide bonds. The smallest absolute Gasteiger partial charge is 0.304 e. The highest BCUT2D eigenvalue weighted by molar-refractivity contribution is 5.69. The van der Waals surface area contributed by atoms with Crippen molar-refractivity contribution in [3.63, 3.8) is 0 Å². The topological polar surface area (TPSA) is 63.3 Å². The Labute approximate surface area is 94.1 Å². The third-order valence-corrected chi connectivity index (χ3v) is 2.99. The van der Waals surface area contributed by atoms with Gasteiger partial charge in [-0.3, -0.25) is 4.79 Å². The average molecular weight is 225 g/mol. The summed E-state index contributed by atoms with van der Waals surface area (Å²) in [5, 5.41) is 8.89. The average Bonchev–Trinajstić information content (AvgIpc) is 2.25. The molecule has 88 valence electrons. The molecule has 3 N–H and O–H groups in total. The molecule has 3 nitrogen and oxygen atoms in total. The first-order chi connectivity index (χ1) is 7.54. The molecule has 0 aliphatic carbocycles. The summed E-state index contributed by atoms with van der Waals surface area (Å²) in [5.41, 5.74) is 5.64. The van der Waals surface area contributed by atoms with Crippen LogP contribution in [0.25, 0.3) is 0 Å². The largest absolute Gasteiger partial charge is 0.481 e. The minimum Gasteiger partial charge on any atom is -0.481 e. The molecule has 1 aromatic carbocycles. The molecule has 0 heterocycles. The monoisotopic (exact) mass is 225 g/mol. The normalized spacial score (nSPS) is 14.4. The van der Waals surface area contributed by atoms with Crippen LogP contribution < -0.4 is 5.73 Å². The lowest BCUT2D eigenvalue weighted by Gasteiger charge is -2.30. The molecule has 0 aromatic heterocycles. The molecule has 0 radical (unpaired) electrons. The number of nitrogens with two attached hydrogens (primary N) is 1. The molecule has 0 saturated heterocycles. The van der Waals surface area contributed by atoms with Gasteiger partial charge in [0.25, 0.3) is 0 Å². The second-order valence-corrected chi connectivity index (χ2v) is 3.92. The molecule has 1 atom stereocenters. The fraction of sp³-hybridized carbons (Fsp3) is 0.417. The van der Waals surface area contributed by atoms with Gasteiger partial charge in [0.1, 0.15) is 5.82 Å². The van der Waals surface area contributed by atoms with Crippen LogP contribution >= 0.6 is 0 Å². The van der Waals surface area contributed by atoms with Crippen molar-refractivity contribution in [1.82, 2.24) is 0 Å². The predicted octanol–water partition coefficient (Wildman–Crippen LogP) is 1.91. The van der Waals surface area contributed by atoms with E-state index in [1.54, 1.807) is 12.1 Å². The van der Waals surface area contributed by atoms with Crippen LogP contribution in [0.4, 0.5) is 4.39 Å². The maximum Gasteiger partial charge on any atom is 0.304 e. The van der Waals surface area contributed by atoms with Crippen molar-refractivity contribution in [2.45, 2.75) is 25.2 Å². The van der Waals surface area contributed by atoms with Crippen molar-refractivity contribution in [2.75, 3.05) is 6.54 Å². The van der Waals surface area contributed by atoms with Gasteiger partial charge in [0.15, 0.2) is 0 Å². The van der Waals surface area contributed by atoms with Gasteiger partial charge in [-0.2, -0.15) is 0 Å². The number of hydrogen-bond acceptors (Lipinski definition) is 2. The van der Waals surface area contributed by atoms with Crippen LogP contribution in [-0.4, -0.2) is 17.6 Å². The Bertz CT molecular complexity index is 375. The molecule has 0 aliphatic rings. The first kappa shape index (κ1) is 12.6. The van der Waals surface area contributed by atoms with Crippen molar-refractivity contribution in [3.05, 3.63) is 35.6 Å². The minimum absolute atomic E-state index is 0.0799. The zero-order chi connectivity index (χ0) is 12.2. The Morgan fingerprint density at radius 3 is 2.69 bits per heavy atom. The van der Waals surface area contributed by atoms with Gasteiger partial charge in [-0.05, 0) is 24.1 Å². The van der Waals surface area contributed by atoms with Crippen LogP contribution in [-0.2, 0) is 10.2 Å². The zero-order valence-corrected chi connectivity index (χ0v) is 9.24. The van der Waals surface area contributed by atoms with Gasteiger partial charge in [0.2, 0.25) is 0 Å². The van der Waals surface area contributed by atoms with E-state index in [1.165, 1.54) is 12.1 Å². The number of benzene rings is 1. The summed E-state index contributed by atoms with van der Waals surface area (Å²) < 4.78 is 13.1. The van der Waals surface area contributed by atoms with Crippen LogP contribution in [0.2, 0.25) is 0 Å². The molecular weight excluding hydrogens is 209 g/mol. The number of carboxylic acid groups (broad SMARTS) is 1. The lowest BCUT2D eigenvalue weighted by atomic mass is 9.75. The first-order valence-corrected chi connectivity index (χ1v) is 5.22.